The van der Waals surface area contributed by atoms with Gasteiger partial charge in [0.2, 0.25) is 0 Å². The van der Waals surface area contributed by atoms with Crippen molar-refractivity contribution in [2.24, 2.45) is 0 Å². The van der Waals surface area contributed by atoms with Crippen molar-refractivity contribution in [3.8, 4) is 0 Å². The number of carbonyl (C=O) groups is 2. The molecule has 0 aliphatic rings. The number of nitrogens with one attached hydrogen (secondary N) is 1. The maximum Gasteiger partial charge on any atom is 0.326 e. The predicted octanol–water partition coefficient (Wildman–Crippen LogP) is 2.86. The van der Waals surface area contributed by atoms with Crippen LogP contribution in [0.5, 0.6) is 0 Å². The van der Waals surface area contributed by atoms with Gasteiger partial charge in [-0.15, -0.1) is 11.8 Å². The van der Waals surface area contributed by atoms with Gasteiger partial charge in [0.15, 0.2) is 0 Å². The maximum absolute atomic E-state index is 12.4. The number of nitro benzene ring substituents is 1. The van der Waals surface area contributed by atoms with Crippen LogP contribution in [0.3, 0.4) is 0 Å². The van der Waals surface area contributed by atoms with Crippen molar-refractivity contribution in [1.82, 2.24) is 5.32 Å². The summed E-state index contributed by atoms with van der Waals surface area (Å²) in [6, 6.07) is 2.91. The topological polar surface area (TPSA) is 110 Å². The number of hydrogen-bond donors (Lipinski definition) is 2. The van der Waals surface area contributed by atoms with Gasteiger partial charge in [0.05, 0.1) is 10.5 Å². The molecule has 1 rings (SSSR count). The van der Waals surface area contributed by atoms with Crippen LogP contribution in [0.15, 0.2) is 35.2 Å². The van der Waals surface area contributed by atoms with Crippen molar-refractivity contribution in [2.45, 2.75) is 31.2 Å². The second-order valence-corrected chi connectivity index (χ2v) is 5.85. The van der Waals surface area contributed by atoms with Crippen LogP contribution in [0.4, 0.5) is 5.69 Å². The average Bonchev–Trinajstić information content (AvgIpc) is 2.51. The third kappa shape index (κ3) is 5.41. The highest BCUT2D eigenvalue weighted by Crippen LogP contribution is 2.26. The lowest BCUT2D eigenvalue weighted by molar-refractivity contribution is -0.384. The molecular weight excluding hydrogens is 320 g/mol. The summed E-state index contributed by atoms with van der Waals surface area (Å²) < 4.78 is 0. The van der Waals surface area contributed by atoms with E-state index in [0.717, 1.165) is 0 Å². The fourth-order valence-corrected chi connectivity index (χ4v) is 2.60. The number of non-ortho nitro benzene ring substituents is 1. The first-order chi connectivity index (χ1) is 10.9. The Balaban J connectivity index is 3.10. The van der Waals surface area contributed by atoms with E-state index in [1.165, 1.54) is 30.0 Å². The zero-order valence-corrected chi connectivity index (χ0v) is 13.6. The molecule has 0 spiro atoms. The van der Waals surface area contributed by atoms with E-state index in [1.54, 1.807) is 19.1 Å². The van der Waals surface area contributed by atoms with Gasteiger partial charge >= 0.3 is 5.97 Å². The fraction of sp³-hybridized carbons (Fsp3) is 0.333. The van der Waals surface area contributed by atoms with E-state index < -0.39 is 22.8 Å². The van der Waals surface area contributed by atoms with E-state index in [4.69, 9.17) is 5.11 Å². The van der Waals surface area contributed by atoms with Gasteiger partial charge in [-0.25, -0.2) is 4.79 Å². The average molecular weight is 338 g/mol. The van der Waals surface area contributed by atoms with Crippen LogP contribution in [0.2, 0.25) is 0 Å². The third-order valence-corrected chi connectivity index (χ3v) is 3.89. The van der Waals surface area contributed by atoms with Crippen LogP contribution < -0.4 is 5.32 Å². The third-order valence-electron chi connectivity index (χ3n) is 2.93. The first kappa shape index (κ1) is 18.7. The number of amides is 1. The monoisotopic (exact) mass is 338 g/mol. The van der Waals surface area contributed by atoms with Gasteiger partial charge in [-0.05, 0) is 25.2 Å². The van der Waals surface area contributed by atoms with Gasteiger partial charge in [-0.2, -0.15) is 0 Å². The van der Waals surface area contributed by atoms with Crippen molar-refractivity contribution in [2.75, 3.05) is 5.75 Å². The molecule has 1 aromatic carbocycles. The second kappa shape index (κ2) is 8.94. The van der Waals surface area contributed by atoms with E-state index in [9.17, 15) is 19.7 Å². The number of thioether (sulfide) groups is 1. The Morgan fingerprint density at radius 1 is 1.48 bits per heavy atom. The van der Waals surface area contributed by atoms with Crippen LogP contribution in [0, 0.1) is 10.1 Å². The lowest BCUT2D eigenvalue weighted by Gasteiger charge is -2.14. The molecule has 0 radical (unpaired) electrons. The largest absolute Gasteiger partial charge is 0.480 e. The maximum atomic E-state index is 12.4. The Morgan fingerprint density at radius 3 is 2.70 bits per heavy atom. The smallest absolute Gasteiger partial charge is 0.326 e. The number of rotatable bonds is 8. The Kier molecular flexibility index (Phi) is 7.27. The molecule has 0 saturated carbocycles. The van der Waals surface area contributed by atoms with Crippen molar-refractivity contribution in [3.05, 3.63) is 46.0 Å². The second-order valence-electron chi connectivity index (χ2n) is 4.54. The molecule has 0 fully saturated rings. The zero-order chi connectivity index (χ0) is 17.4. The Bertz CT molecular complexity index is 630. The molecule has 8 heteroatoms. The molecule has 0 saturated heterocycles. The first-order valence-corrected chi connectivity index (χ1v) is 7.95. The molecule has 0 aromatic heterocycles. The van der Waals surface area contributed by atoms with Gasteiger partial charge in [0.25, 0.3) is 11.6 Å². The normalized spacial score (nSPS) is 12.1. The summed E-state index contributed by atoms with van der Waals surface area (Å²) in [5, 5.41) is 22.4. The summed E-state index contributed by atoms with van der Waals surface area (Å²) >= 11 is 1.36. The zero-order valence-electron chi connectivity index (χ0n) is 12.8. The Labute approximate surface area is 137 Å². The number of carboxylic acid groups (broad SMARTS) is 1. The van der Waals surface area contributed by atoms with Gasteiger partial charge < -0.3 is 10.4 Å². The number of aliphatic carboxylic acids is 1. The van der Waals surface area contributed by atoms with Gasteiger partial charge in [-0.3, -0.25) is 14.9 Å². The highest BCUT2D eigenvalue weighted by atomic mass is 32.2. The number of carboxylic acids is 1. The van der Waals surface area contributed by atoms with E-state index in [0.29, 0.717) is 10.6 Å². The summed E-state index contributed by atoms with van der Waals surface area (Å²) in [6.45, 7) is 3.64. The first-order valence-electron chi connectivity index (χ1n) is 6.96. The van der Waals surface area contributed by atoms with Crippen molar-refractivity contribution >= 4 is 29.3 Å². The number of allylic oxidation sites excluding steroid dienone is 1. The summed E-state index contributed by atoms with van der Waals surface area (Å²) in [7, 11) is 0. The van der Waals surface area contributed by atoms with Gasteiger partial charge in [0, 0.05) is 17.0 Å². The lowest BCUT2D eigenvalue weighted by Crippen LogP contribution is -2.40. The SMILES string of the molecule is C/C=C/CC(NC(=O)c1cc([N+](=O)[O-])ccc1SCC)C(=O)O. The minimum absolute atomic E-state index is 0.109. The molecular formula is C15H18N2O5S. The molecule has 1 unspecified atom stereocenters. The quantitative estimate of drug-likeness (QED) is 0.326. The molecule has 0 aliphatic heterocycles. The van der Waals surface area contributed by atoms with E-state index >= 15 is 0 Å². The van der Waals surface area contributed by atoms with Crippen LogP contribution in [0.1, 0.15) is 30.6 Å². The highest BCUT2D eigenvalue weighted by Gasteiger charge is 2.22. The van der Waals surface area contributed by atoms with Gasteiger partial charge in [0.1, 0.15) is 6.04 Å². The number of benzene rings is 1. The fourth-order valence-electron chi connectivity index (χ4n) is 1.82. The minimum Gasteiger partial charge on any atom is -0.480 e. The van der Waals surface area contributed by atoms with Crippen molar-refractivity contribution < 1.29 is 19.6 Å². The standard InChI is InChI=1S/C15H18N2O5S/c1-3-5-6-12(15(19)20)16-14(18)11-9-10(17(21)22)7-8-13(11)23-4-2/h3,5,7-9,12H,4,6H2,1-2H3,(H,16,18)(H,19,20)/b5-3+. The number of nitro groups is 1. The van der Waals surface area contributed by atoms with E-state index in [1.807, 2.05) is 6.92 Å². The van der Waals surface area contributed by atoms with E-state index in [2.05, 4.69) is 5.32 Å². The van der Waals surface area contributed by atoms with E-state index in [-0.39, 0.29) is 17.7 Å². The Hall–Kier alpha value is -2.35. The molecule has 2 N–H and O–H groups in total. The van der Waals surface area contributed by atoms with Crippen molar-refractivity contribution in [3.63, 3.8) is 0 Å². The van der Waals surface area contributed by atoms with Crippen molar-refractivity contribution in [1.29, 1.82) is 0 Å². The number of nitrogens with zero attached hydrogens (tertiary/aromatic N) is 1. The molecule has 124 valence electrons. The molecule has 7 nitrogen and oxygen atoms in total. The molecule has 0 aliphatic carbocycles. The summed E-state index contributed by atoms with van der Waals surface area (Å²) in [5.41, 5.74) is -0.103. The molecule has 0 heterocycles. The molecule has 0 bridgehead atoms. The van der Waals surface area contributed by atoms with Crippen LogP contribution in [0.25, 0.3) is 0 Å². The van der Waals surface area contributed by atoms with Gasteiger partial charge in [-0.1, -0.05) is 19.1 Å². The highest BCUT2D eigenvalue weighted by molar-refractivity contribution is 7.99. The molecule has 23 heavy (non-hydrogen) atoms. The molecule has 1 amide bonds. The predicted molar refractivity (Wildman–Crippen MR) is 87.8 cm³/mol. The van der Waals surface area contributed by atoms with Crippen LogP contribution in [-0.2, 0) is 4.79 Å². The summed E-state index contributed by atoms with van der Waals surface area (Å²) in [5.74, 6) is -1.12. The number of carbonyl (C=O) groups excluding carboxylic acids is 1. The van der Waals surface area contributed by atoms with Crippen LogP contribution in [-0.4, -0.2) is 33.7 Å². The summed E-state index contributed by atoms with van der Waals surface area (Å²) in [6.07, 6.45) is 3.46. The number of hydrogen-bond acceptors (Lipinski definition) is 5. The summed E-state index contributed by atoms with van der Waals surface area (Å²) in [4.78, 5) is 34.4. The minimum atomic E-state index is -1.16. The lowest BCUT2D eigenvalue weighted by atomic mass is 10.1. The molecule has 1 aromatic rings. The molecule has 1 atom stereocenters. The van der Waals surface area contributed by atoms with Crippen LogP contribution >= 0.6 is 11.8 Å². The Morgan fingerprint density at radius 2 is 2.17 bits per heavy atom.